The van der Waals surface area contributed by atoms with E-state index in [1.54, 1.807) is 7.11 Å². The van der Waals surface area contributed by atoms with Crippen LogP contribution < -0.4 is 4.74 Å². The molecule has 1 aliphatic heterocycles. The third kappa shape index (κ3) is 4.86. The van der Waals surface area contributed by atoms with Crippen LogP contribution in [0.4, 0.5) is 0 Å². The van der Waals surface area contributed by atoms with Crippen LogP contribution in [0.15, 0.2) is 48.7 Å². The van der Waals surface area contributed by atoms with Crippen LogP contribution in [0.5, 0.6) is 5.75 Å². The quantitative estimate of drug-likeness (QED) is 0.777. The SMILES string of the molecule is COCCC1CN(C(=O)CCOc2ccccc2)Cc2cccn2C1. The van der Waals surface area contributed by atoms with Crippen LogP contribution in [0.2, 0.25) is 0 Å². The number of hydrogen-bond acceptors (Lipinski definition) is 3. The van der Waals surface area contributed by atoms with E-state index in [-0.39, 0.29) is 5.91 Å². The predicted octanol–water partition coefficient (Wildman–Crippen LogP) is 2.95. The number of carbonyl (C=O) groups excluding carboxylic acids is 1. The molecule has 1 unspecified atom stereocenters. The van der Waals surface area contributed by atoms with Crippen molar-refractivity contribution >= 4 is 5.91 Å². The van der Waals surface area contributed by atoms with Gasteiger partial charge in [-0.25, -0.2) is 0 Å². The zero-order valence-corrected chi connectivity index (χ0v) is 14.8. The Morgan fingerprint density at radius 3 is 2.76 bits per heavy atom. The van der Waals surface area contributed by atoms with Crippen LogP contribution in [-0.4, -0.2) is 42.2 Å². The highest BCUT2D eigenvalue weighted by Crippen LogP contribution is 2.20. The Hall–Kier alpha value is -2.27. The van der Waals surface area contributed by atoms with Crippen LogP contribution in [-0.2, 0) is 22.6 Å². The molecular weight excluding hydrogens is 316 g/mol. The van der Waals surface area contributed by atoms with Crippen molar-refractivity contribution in [1.29, 1.82) is 0 Å². The lowest BCUT2D eigenvalue weighted by Crippen LogP contribution is -2.35. The topological polar surface area (TPSA) is 43.7 Å². The summed E-state index contributed by atoms with van der Waals surface area (Å²) in [5.41, 5.74) is 1.19. The standard InChI is InChI=1S/C20H26N2O3/c1-24-12-9-17-14-21-11-5-6-18(21)16-22(15-17)20(23)10-13-25-19-7-3-2-4-8-19/h2-8,11,17H,9-10,12-16H2,1H3. The second-order valence-electron chi connectivity index (χ2n) is 6.49. The number of rotatable bonds is 7. The highest BCUT2D eigenvalue weighted by molar-refractivity contribution is 5.76. The maximum absolute atomic E-state index is 12.7. The normalized spacial score (nSPS) is 17.0. The van der Waals surface area contributed by atoms with E-state index >= 15 is 0 Å². The fourth-order valence-corrected chi connectivity index (χ4v) is 3.27. The van der Waals surface area contributed by atoms with Gasteiger partial charge in [-0.05, 0) is 36.6 Å². The molecule has 5 nitrogen and oxygen atoms in total. The molecule has 1 aliphatic rings. The molecular formula is C20H26N2O3. The van der Waals surface area contributed by atoms with Gasteiger partial charge < -0.3 is 18.9 Å². The van der Waals surface area contributed by atoms with Gasteiger partial charge in [0.25, 0.3) is 0 Å². The van der Waals surface area contributed by atoms with E-state index in [1.165, 1.54) is 5.69 Å². The summed E-state index contributed by atoms with van der Waals surface area (Å²) in [4.78, 5) is 14.7. The summed E-state index contributed by atoms with van der Waals surface area (Å²) in [6.45, 7) is 3.51. The highest BCUT2D eigenvalue weighted by Gasteiger charge is 2.24. The summed E-state index contributed by atoms with van der Waals surface area (Å²) >= 11 is 0. The molecule has 1 amide bonds. The number of methoxy groups -OCH3 is 1. The third-order valence-electron chi connectivity index (χ3n) is 4.62. The number of ether oxygens (including phenoxy) is 2. The largest absolute Gasteiger partial charge is 0.493 e. The van der Waals surface area contributed by atoms with Crippen LogP contribution in [0.1, 0.15) is 18.5 Å². The van der Waals surface area contributed by atoms with Gasteiger partial charge in [-0.1, -0.05) is 18.2 Å². The van der Waals surface area contributed by atoms with Crippen molar-refractivity contribution < 1.29 is 14.3 Å². The van der Waals surface area contributed by atoms with Gasteiger partial charge in [-0.3, -0.25) is 4.79 Å². The van der Waals surface area contributed by atoms with Gasteiger partial charge in [0, 0.05) is 38.7 Å². The first-order valence-electron chi connectivity index (χ1n) is 8.85. The molecule has 5 heteroatoms. The van der Waals surface area contributed by atoms with Gasteiger partial charge in [-0.2, -0.15) is 0 Å². The zero-order chi connectivity index (χ0) is 17.5. The Labute approximate surface area is 149 Å². The summed E-state index contributed by atoms with van der Waals surface area (Å²) < 4.78 is 13.2. The highest BCUT2D eigenvalue weighted by atomic mass is 16.5. The number of carbonyl (C=O) groups is 1. The van der Waals surface area contributed by atoms with Crippen molar-refractivity contribution in [1.82, 2.24) is 9.47 Å². The number of amides is 1. The van der Waals surface area contributed by atoms with Gasteiger partial charge in [0.2, 0.25) is 5.91 Å². The first-order valence-corrected chi connectivity index (χ1v) is 8.85. The number of hydrogen-bond donors (Lipinski definition) is 0. The monoisotopic (exact) mass is 342 g/mol. The zero-order valence-electron chi connectivity index (χ0n) is 14.8. The Balaban J connectivity index is 1.58. The molecule has 1 aromatic heterocycles. The summed E-state index contributed by atoms with van der Waals surface area (Å²) in [7, 11) is 1.72. The molecule has 0 saturated heterocycles. The minimum absolute atomic E-state index is 0.146. The minimum atomic E-state index is 0.146. The molecule has 2 aromatic rings. The van der Waals surface area contributed by atoms with Gasteiger partial charge in [-0.15, -0.1) is 0 Å². The summed E-state index contributed by atoms with van der Waals surface area (Å²) in [5, 5.41) is 0. The molecule has 25 heavy (non-hydrogen) atoms. The predicted molar refractivity (Wildman–Crippen MR) is 96.4 cm³/mol. The number of fused-ring (bicyclic) bond motifs is 1. The molecule has 3 rings (SSSR count). The number of nitrogens with zero attached hydrogens (tertiary/aromatic N) is 2. The smallest absolute Gasteiger partial charge is 0.226 e. The molecule has 0 aliphatic carbocycles. The van der Waals surface area contributed by atoms with Crippen molar-refractivity contribution in [3.63, 3.8) is 0 Å². The van der Waals surface area contributed by atoms with Crippen molar-refractivity contribution in [3.05, 3.63) is 54.4 Å². The molecule has 0 radical (unpaired) electrons. The van der Waals surface area contributed by atoms with E-state index in [9.17, 15) is 4.79 Å². The second kappa shape index (κ2) is 8.72. The molecule has 0 fully saturated rings. The molecule has 1 atom stereocenters. The number of para-hydroxylation sites is 1. The summed E-state index contributed by atoms with van der Waals surface area (Å²) in [6.07, 6.45) is 3.45. The Bertz CT molecular complexity index is 669. The average molecular weight is 342 g/mol. The van der Waals surface area contributed by atoms with Gasteiger partial charge in [0.1, 0.15) is 5.75 Å². The maximum atomic E-state index is 12.7. The van der Waals surface area contributed by atoms with Crippen LogP contribution >= 0.6 is 0 Å². The van der Waals surface area contributed by atoms with E-state index in [4.69, 9.17) is 9.47 Å². The van der Waals surface area contributed by atoms with E-state index in [0.717, 1.165) is 31.9 Å². The van der Waals surface area contributed by atoms with Gasteiger partial charge in [0.15, 0.2) is 0 Å². The van der Waals surface area contributed by atoms with Gasteiger partial charge in [0.05, 0.1) is 19.6 Å². The number of benzene rings is 1. The second-order valence-corrected chi connectivity index (χ2v) is 6.49. The first-order chi connectivity index (χ1) is 12.3. The average Bonchev–Trinajstić information content (AvgIpc) is 2.98. The van der Waals surface area contributed by atoms with Crippen LogP contribution in [0.3, 0.4) is 0 Å². The maximum Gasteiger partial charge on any atom is 0.226 e. The van der Waals surface area contributed by atoms with E-state index < -0.39 is 0 Å². The first kappa shape index (κ1) is 17.5. The van der Waals surface area contributed by atoms with E-state index in [2.05, 4.69) is 22.9 Å². The Morgan fingerprint density at radius 1 is 1.12 bits per heavy atom. The van der Waals surface area contributed by atoms with E-state index in [1.807, 2.05) is 35.2 Å². The van der Waals surface area contributed by atoms with Gasteiger partial charge >= 0.3 is 0 Å². The summed E-state index contributed by atoms with van der Waals surface area (Å²) in [6, 6.07) is 13.8. The third-order valence-corrected chi connectivity index (χ3v) is 4.62. The lowest BCUT2D eigenvalue weighted by Gasteiger charge is -2.24. The molecule has 0 saturated carbocycles. The Kier molecular flexibility index (Phi) is 6.12. The molecule has 0 spiro atoms. The Morgan fingerprint density at radius 2 is 1.96 bits per heavy atom. The van der Waals surface area contributed by atoms with Crippen LogP contribution in [0.25, 0.3) is 0 Å². The molecule has 0 N–H and O–H groups in total. The van der Waals surface area contributed by atoms with Crippen LogP contribution in [0, 0.1) is 5.92 Å². The summed E-state index contributed by atoms with van der Waals surface area (Å²) in [5.74, 6) is 1.36. The van der Waals surface area contributed by atoms with Crippen molar-refractivity contribution in [3.8, 4) is 5.75 Å². The molecule has 1 aromatic carbocycles. The fourth-order valence-electron chi connectivity index (χ4n) is 3.27. The van der Waals surface area contributed by atoms with Crippen molar-refractivity contribution in [2.75, 3.05) is 26.9 Å². The van der Waals surface area contributed by atoms with E-state index in [0.29, 0.717) is 25.5 Å². The molecule has 0 bridgehead atoms. The fraction of sp³-hybridized carbons (Fsp3) is 0.450. The van der Waals surface area contributed by atoms with Crippen molar-refractivity contribution in [2.45, 2.75) is 25.9 Å². The molecule has 2 heterocycles. The molecule has 134 valence electrons. The lowest BCUT2D eigenvalue weighted by molar-refractivity contribution is -0.133. The number of aromatic nitrogens is 1. The lowest BCUT2D eigenvalue weighted by atomic mass is 10.1. The minimum Gasteiger partial charge on any atom is -0.493 e. The van der Waals surface area contributed by atoms with Crippen molar-refractivity contribution in [2.24, 2.45) is 5.92 Å².